The van der Waals surface area contributed by atoms with Crippen LogP contribution in [0.2, 0.25) is 0 Å². The number of esters is 1. The zero-order valence-corrected chi connectivity index (χ0v) is 14.4. The topological polar surface area (TPSA) is 117 Å². The van der Waals surface area contributed by atoms with Gasteiger partial charge in [0.25, 0.3) is 0 Å². The molecule has 0 amide bonds. The van der Waals surface area contributed by atoms with Gasteiger partial charge < -0.3 is 15.0 Å². The van der Waals surface area contributed by atoms with Gasteiger partial charge in [-0.1, -0.05) is 30.3 Å². The fourth-order valence-electron chi connectivity index (χ4n) is 2.34. The lowest BCUT2D eigenvalue weighted by Gasteiger charge is -2.13. The standard InChI is InChI=1S/C15H20N4O4S/c1-3-19-14(12(16)9-11-7-5-4-6-8-11)17-18-15(19)24(21,22)10-13(20)23-2/h4-8,12H,3,9-10,16H2,1-2H3/t12-/m0/s1. The second-order valence-corrected chi connectivity index (χ2v) is 7.10. The number of sulfone groups is 1. The van der Waals surface area contributed by atoms with E-state index in [-0.39, 0.29) is 5.16 Å². The van der Waals surface area contributed by atoms with Crippen molar-refractivity contribution in [3.05, 3.63) is 41.7 Å². The lowest BCUT2D eigenvalue weighted by Crippen LogP contribution is -2.23. The lowest BCUT2D eigenvalue weighted by atomic mass is 10.1. The number of methoxy groups -OCH3 is 1. The van der Waals surface area contributed by atoms with Crippen LogP contribution in [0, 0.1) is 0 Å². The summed E-state index contributed by atoms with van der Waals surface area (Å²) >= 11 is 0. The average molecular weight is 352 g/mol. The molecule has 130 valence electrons. The number of ether oxygens (including phenoxy) is 1. The van der Waals surface area contributed by atoms with Gasteiger partial charge in [0.15, 0.2) is 11.6 Å². The zero-order valence-electron chi connectivity index (χ0n) is 13.5. The third-order valence-corrected chi connectivity index (χ3v) is 4.98. The van der Waals surface area contributed by atoms with Gasteiger partial charge in [-0.2, -0.15) is 0 Å². The van der Waals surface area contributed by atoms with Crippen LogP contribution in [0.5, 0.6) is 0 Å². The van der Waals surface area contributed by atoms with Crippen LogP contribution < -0.4 is 5.73 Å². The van der Waals surface area contributed by atoms with Gasteiger partial charge in [0.05, 0.1) is 13.2 Å². The Kier molecular flexibility index (Phi) is 5.68. The highest BCUT2D eigenvalue weighted by atomic mass is 32.2. The van der Waals surface area contributed by atoms with Crippen LogP contribution in [0.25, 0.3) is 0 Å². The molecule has 0 aliphatic carbocycles. The minimum atomic E-state index is -3.94. The number of carbonyl (C=O) groups excluding carboxylic acids is 1. The SMILES string of the molecule is CCn1c([C@@H](N)Cc2ccccc2)nnc1S(=O)(=O)CC(=O)OC. The summed E-state index contributed by atoms with van der Waals surface area (Å²) in [5, 5.41) is 7.42. The molecule has 2 aromatic rings. The van der Waals surface area contributed by atoms with E-state index < -0.39 is 27.6 Å². The summed E-state index contributed by atoms with van der Waals surface area (Å²) in [6.45, 7) is 2.08. The summed E-state index contributed by atoms with van der Waals surface area (Å²) in [4.78, 5) is 11.3. The van der Waals surface area contributed by atoms with Gasteiger partial charge in [-0.15, -0.1) is 10.2 Å². The fourth-order valence-corrected chi connectivity index (χ4v) is 3.62. The number of nitrogens with zero attached hydrogens (tertiary/aromatic N) is 3. The Morgan fingerprint density at radius 1 is 1.29 bits per heavy atom. The molecule has 2 rings (SSSR count). The monoisotopic (exact) mass is 352 g/mol. The molecule has 0 bridgehead atoms. The molecule has 0 spiro atoms. The van der Waals surface area contributed by atoms with Crippen molar-refractivity contribution >= 4 is 15.8 Å². The Labute approximate surface area is 140 Å². The predicted octanol–water partition coefficient (Wildman–Crippen LogP) is 0.487. The second-order valence-electron chi connectivity index (χ2n) is 5.22. The highest BCUT2D eigenvalue weighted by Gasteiger charge is 2.29. The minimum absolute atomic E-state index is 0.270. The molecule has 8 nitrogen and oxygen atoms in total. The summed E-state index contributed by atoms with van der Waals surface area (Å²) in [6.07, 6.45) is 0.496. The maximum atomic E-state index is 12.3. The first-order valence-electron chi connectivity index (χ1n) is 7.41. The molecular weight excluding hydrogens is 332 g/mol. The van der Waals surface area contributed by atoms with Crippen LogP contribution in [0.4, 0.5) is 0 Å². The number of nitrogens with two attached hydrogens (primary N) is 1. The first-order valence-corrected chi connectivity index (χ1v) is 9.06. The molecular formula is C15H20N4O4S. The predicted molar refractivity (Wildman–Crippen MR) is 86.8 cm³/mol. The molecule has 2 N–H and O–H groups in total. The van der Waals surface area contributed by atoms with E-state index in [1.54, 1.807) is 6.92 Å². The van der Waals surface area contributed by atoms with Gasteiger partial charge in [-0.05, 0) is 18.9 Å². The highest BCUT2D eigenvalue weighted by Crippen LogP contribution is 2.18. The molecule has 1 aromatic heterocycles. The molecule has 0 unspecified atom stereocenters. The number of aromatic nitrogens is 3. The number of rotatable bonds is 7. The van der Waals surface area contributed by atoms with Crippen LogP contribution in [0.3, 0.4) is 0 Å². The maximum absolute atomic E-state index is 12.3. The lowest BCUT2D eigenvalue weighted by molar-refractivity contribution is -0.137. The number of hydrogen-bond acceptors (Lipinski definition) is 7. The van der Waals surface area contributed by atoms with Crippen LogP contribution in [-0.2, 0) is 32.3 Å². The highest BCUT2D eigenvalue weighted by molar-refractivity contribution is 7.91. The van der Waals surface area contributed by atoms with Crippen molar-refractivity contribution < 1.29 is 17.9 Å². The minimum Gasteiger partial charge on any atom is -0.468 e. The molecule has 0 saturated carbocycles. The van der Waals surface area contributed by atoms with Gasteiger partial charge in [-0.3, -0.25) is 4.79 Å². The summed E-state index contributed by atoms with van der Waals surface area (Å²) < 4.78 is 30.5. The largest absolute Gasteiger partial charge is 0.468 e. The van der Waals surface area contributed by atoms with Crippen molar-refractivity contribution in [3.63, 3.8) is 0 Å². The average Bonchev–Trinajstić information content (AvgIpc) is 3.00. The van der Waals surface area contributed by atoms with E-state index in [1.165, 1.54) is 4.57 Å². The van der Waals surface area contributed by atoms with Crippen molar-refractivity contribution in [2.24, 2.45) is 5.73 Å². The van der Waals surface area contributed by atoms with Crippen molar-refractivity contribution in [1.82, 2.24) is 14.8 Å². The Morgan fingerprint density at radius 2 is 1.96 bits per heavy atom. The molecule has 0 radical (unpaired) electrons. The number of benzene rings is 1. The van der Waals surface area contributed by atoms with E-state index in [0.29, 0.717) is 18.8 Å². The molecule has 1 heterocycles. The van der Waals surface area contributed by atoms with E-state index in [4.69, 9.17) is 5.73 Å². The maximum Gasteiger partial charge on any atom is 0.321 e. The molecule has 0 aliphatic rings. The third-order valence-electron chi connectivity index (χ3n) is 3.51. The first-order chi connectivity index (χ1) is 11.4. The van der Waals surface area contributed by atoms with E-state index in [0.717, 1.165) is 12.7 Å². The van der Waals surface area contributed by atoms with E-state index >= 15 is 0 Å². The van der Waals surface area contributed by atoms with Crippen LogP contribution in [0.1, 0.15) is 24.4 Å². The smallest absolute Gasteiger partial charge is 0.321 e. The summed E-state index contributed by atoms with van der Waals surface area (Å²) in [5.74, 6) is -1.27. The molecule has 9 heteroatoms. The molecule has 0 fully saturated rings. The normalized spacial score (nSPS) is 12.8. The number of carbonyl (C=O) groups is 1. The van der Waals surface area contributed by atoms with Gasteiger partial charge in [0, 0.05) is 6.54 Å². The first kappa shape index (κ1) is 18.1. The van der Waals surface area contributed by atoms with E-state index in [9.17, 15) is 13.2 Å². The van der Waals surface area contributed by atoms with E-state index in [2.05, 4.69) is 14.9 Å². The summed E-state index contributed by atoms with van der Waals surface area (Å²) in [5.41, 5.74) is 7.19. The van der Waals surface area contributed by atoms with Gasteiger partial charge in [0.1, 0.15) is 0 Å². The Balaban J connectivity index is 2.30. The zero-order chi connectivity index (χ0) is 17.7. The molecule has 1 aromatic carbocycles. The summed E-state index contributed by atoms with van der Waals surface area (Å²) in [6, 6.07) is 9.06. The third kappa shape index (κ3) is 3.98. The fraction of sp³-hybridized carbons (Fsp3) is 0.400. The van der Waals surface area contributed by atoms with Gasteiger partial charge >= 0.3 is 5.97 Å². The van der Waals surface area contributed by atoms with Crippen molar-refractivity contribution in [1.29, 1.82) is 0 Å². The number of hydrogen-bond donors (Lipinski definition) is 1. The molecule has 0 saturated heterocycles. The van der Waals surface area contributed by atoms with Crippen LogP contribution >= 0.6 is 0 Å². The molecule has 0 aliphatic heterocycles. The Hall–Kier alpha value is -2.26. The Bertz CT molecular complexity index is 802. The van der Waals surface area contributed by atoms with Crippen LogP contribution in [0.15, 0.2) is 35.5 Å². The van der Waals surface area contributed by atoms with Gasteiger partial charge in [0.2, 0.25) is 15.0 Å². The van der Waals surface area contributed by atoms with Crippen molar-refractivity contribution in [2.45, 2.75) is 31.1 Å². The second kappa shape index (κ2) is 7.54. The molecule has 1 atom stereocenters. The van der Waals surface area contributed by atoms with Crippen molar-refractivity contribution in [3.8, 4) is 0 Å². The quantitative estimate of drug-likeness (QED) is 0.720. The van der Waals surface area contributed by atoms with Crippen molar-refractivity contribution in [2.75, 3.05) is 12.9 Å². The van der Waals surface area contributed by atoms with Gasteiger partial charge in [-0.25, -0.2) is 8.42 Å². The molecule has 24 heavy (non-hydrogen) atoms. The Morgan fingerprint density at radius 3 is 2.54 bits per heavy atom. The van der Waals surface area contributed by atoms with Crippen LogP contribution in [-0.4, -0.2) is 42.0 Å². The summed E-state index contributed by atoms with van der Waals surface area (Å²) in [7, 11) is -2.81. The van der Waals surface area contributed by atoms with E-state index in [1.807, 2.05) is 30.3 Å².